The number of carboxylic acid groups (broad SMARTS) is 1. The predicted molar refractivity (Wildman–Crippen MR) is 98.3 cm³/mol. The highest BCUT2D eigenvalue weighted by molar-refractivity contribution is 6.36. The third-order valence-electron chi connectivity index (χ3n) is 3.10. The second kappa shape index (κ2) is 8.90. The van der Waals surface area contributed by atoms with Crippen LogP contribution in [0.3, 0.4) is 0 Å². The minimum atomic E-state index is -1.08. The van der Waals surface area contributed by atoms with E-state index < -0.39 is 18.5 Å². The van der Waals surface area contributed by atoms with Gasteiger partial charge >= 0.3 is 5.97 Å². The first kappa shape index (κ1) is 19.3. The number of aliphatic carboxylic acids is 1. The Labute approximate surface area is 159 Å². The molecule has 2 rings (SSSR count). The van der Waals surface area contributed by atoms with Gasteiger partial charge in [0.1, 0.15) is 17.4 Å². The van der Waals surface area contributed by atoms with Crippen molar-refractivity contribution in [2.75, 3.05) is 11.9 Å². The van der Waals surface area contributed by atoms with Gasteiger partial charge in [0.25, 0.3) is 5.91 Å². The molecule has 26 heavy (non-hydrogen) atoms. The van der Waals surface area contributed by atoms with Gasteiger partial charge in [-0.05, 0) is 42.0 Å². The highest BCUT2D eigenvalue weighted by Gasteiger charge is 2.12. The Hall–Kier alpha value is -3.01. The molecule has 0 saturated heterocycles. The van der Waals surface area contributed by atoms with E-state index in [9.17, 15) is 14.9 Å². The minimum absolute atomic E-state index is 0.129. The van der Waals surface area contributed by atoms with Gasteiger partial charge in [-0.2, -0.15) is 5.26 Å². The maximum absolute atomic E-state index is 12.2. The van der Waals surface area contributed by atoms with Crippen LogP contribution in [0, 0.1) is 11.3 Å². The number of nitrogens with zero attached hydrogens (tertiary/aromatic N) is 1. The molecular weight excluding hydrogens is 379 g/mol. The highest BCUT2D eigenvalue weighted by Crippen LogP contribution is 2.26. The van der Waals surface area contributed by atoms with E-state index in [1.54, 1.807) is 18.2 Å². The van der Waals surface area contributed by atoms with Crippen LogP contribution in [0.2, 0.25) is 10.0 Å². The number of carbonyl (C=O) groups is 2. The molecule has 0 aromatic heterocycles. The zero-order chi connectivity index (χ0) is 19.1. The number of carboxylic acids is 1. The van der Waals surface area contributed by atoms with Crippen LogP contribution < -0.4 is 10.1 Å². The Morgan fingerprint density at radius 1 is 1.19 bits per heavy atom. The number of rotatable bonds is 6. The number of halogens is 2. The molecule has 0 bridgehead atoms. The third-order valence-corrected chi connectivity index (χ3v) is 3.65. The SMILES string of the molecule is N#C/C(=C\c1ccc(OCC(=O)O)cc1)C(=O)Nc1ccc(Cl)cc1Cl. The molecule has 0 atom stereocenters. The zero-order valence-electron chi connectivity index (χ0n) is 13.2. The van der Waals surface area contributed by atoms with E-state index in [0.717, 1.165) is 0 Å². The molecule has 2 aromatic carbocycles. The lowest BCUT2D eigenvalue weighted by Gasteiger charge is -2.07. The van der Waals surface area contributed by atoms with E-state index >= 15 is 0 Å². The number of nitrogens with one attached hydrogen (secondary N) is 1. The Kier molecular flexibility index (Phi) is 6.61. The molecule has 0 spiro atoms. The molecule has 0 radical (unpaired) electrons. The number of hydrogen-bond donors (Lipinski definition) is 2. The van der Waals surface area contributed by atoms with E-state index in [1.165, 1.54) is 30.3 Å². The van der Waals surface area contributed by atoms with Crippen LogP contribution in [-0.4, -0.2) is 23.6 Å². The molecular formula is C18H12Cl2N2O4. The first-order chi connectivity index (χ1) is 12.4. The van der Waals surface area contributed by atoms with Crippen molar-refractivity contribution in [1.82, 2.24) is 0 Å². The second-order valence-electron chi connectivity index (χ2n) is 5.00. The number of anilines is 1. The van der Waals surface area contributed by atoms with Crippen molar-refractivity contribution >= 4 is 46.8 Å². The summed E-state index contributed by atoms with van der Waals surface area (Å²) in [6.07, 6.45) is 1.39. The average Bonchev–Trinajstić information content (AvgIpc) is 2.61. The molecule has 0 aliphatic carbocycles. The summed E-state index contributed by atoms with van der Waals surface area (Å²) in [7, 11) is 0. The fourth-order valence-corrected chi connectivity index (χ4v) is 2.36. The number of ether oxygens (including phenoxy) is 1. The maximum atomic E-state index is 12.2. The number of benzene rings is 2. The van der Waals surface area contributed by atoms with Crippen LogP contribution in [0.5, 0.6) is 5.75 Å². The molecule has 1 amide bonds. The molecule has 6 nitrogen and oxygen atoms in total. The van der Waals surface area contributed by atoms with Gasteiger partial charge < -0.3 is 15.2 Å². The second-order valence-corrected chi connectivity index (χ2v) is 5.84. The summed E-state index contributed by atoms with van der Waals surface area (Å²) in [6.45, 7) is -0.455. The molecule has 0 saturated carbocycles. The van der Waals surface area contributed by atoms with Gasteiger partial charge in [-0.1, -0.05) is 35.3 Å². The molecule has 0 aliphatic heterocycles. The Morgan fingerprint density at radius 2 is 1.88 bits per heavy atom. The summed E-state index contributed by atoms with van der Waals surface area (Å²) in [4.78, 5) is 22.7. The summed E-state index contributed by atoms with van der Waals surface area (Å²) in [5, 5.41) is 21.0. The molecule has 132 valence electrons. The van der Waals surface area contributed by atoms with Crippen LogP contribution in [0.25, 0.3) is 6.08 Å². The summed E-state index contributed by atoms with van der Waals surface area (Å²) in [6, 6.07) is 12.7. The van der Waals surface area contributed by atoms with Gasteiger partial charge in [-0.15, -0.1) is 0 Å². The molecule has 2 N–H and O–H groups in total. The molecule has 0 fully saturated rings. The number of carbonyl (C=O) groups excluding carboxylic acids is 1. The maximum Gasteiger partial charge on any atom is 0.341 e. The van der Waals surface area contributed by atoms with Crippen LogP contribution in [0.4, 0.5) is 5.69 Å². The normalized spacial score (nSPS) is 10.7. The van der Waals surface area contributed by atoms with E-state index in [1.807, 2.05) is 6.07 Å². The summed E-state index contributed by atoms with van der Waals surface area (Å²) in [5.41, 5.74) is 0.774. The quantitative estimate of drug-likeness (QED) is 0.573. The van der Waals surface area contributed by atoms with Crippen LogP contribution >= 0.6 is 23.2 Å². The van der Waals surface area contributed by atoms with Crippen LogP contribution in [0.1, 0.15) is 5.56 Å². The highest BCUT2D eigenvalue weighted by atomic mass is 35.5. The monoisotopic (exact) mass is 390 g/mol. The van der Waals surface area contributed by atoms with E-state index in [0.29, 0.717) is 22.0 Å². The Bertz CT molecular complexity index is 902. The number of hydrogen-bond acceptors (Lipinski definition) is 4. The molecule has 2 aromatic rings. The molecule has 0 unspecified atom stereocenters. The van der Waals surface area contributed by atoms with Crippen molar-refractivity contribution in [3.63, 3.8) is 0 Å². The number of amides is 1. The fourth-order valence-electron chi connectivity index (χ4n) is 1.90. The first-order valence-corrected chi connectivity index (χ1v) is 7.97. The van der Waals surface area contributed by atoms with Crippen molar-refractivity contribution in [3.05, 3.63) is 63.6 Å². The Balaban J connectivity index is 2.12. The standard InChI is InChI=1S/C18H12Cl2N2O4/c19-13-3-6-16(15(20)8-13)22-18(25)12(9-21)7-11-1-4-14(5-2-11)26-10-17(23)24/h1-8H,10H2,(H,22,25)(H,23,24)/b12-7+. The van der Waals surface area contributed by atoms with Gasteiger partial charge in [0.05, 0.1) is 10.7 Å². The average molecular weight is 391 g/mol. The van der Waals surface area contributed by atoms with Gasteiger partial charge in [-0.25, -0.2) is 4.79 Å². The topological polar surface area (TPSA) is 99.4 Å². The Morgan fingerprint density at radius 3 is 2.46 bits per heavy atom. The van der Waals surface area contributed by atoms with Gasteiger partial charge in [-0.3, -0.25) is 4.79 Å². The predicted octanol–water partition coefficient (Wildman–Crippen LogP) is 4.00. The van der Waals surface area contributed by atoms with Crippen molar-refractivity contribution < 1.29 is 19.4 Å². The fraction of sp³-hybridized carbons (Fsp3) is 0.0556. The van der Waals surface area contributed by atoms with Gasteiger partial charge in [0.2, 0.25) is 0 Å². The summed E-state index contributed by atoms with van der Waals surface area (Å²) < 4.78 is 5.01. The summed E-state index contributed by atoms with van der Waals surface area (Å²) >= 11 is 11.8. The first-order valence-electron chi connectivity index (χ1n) is 7.22. The van der Waals surface area contributed by atoms with E-state index in [2.05, 4.69) is 5.32 Å². The lowest BCUT2D eigenvalue weighted by Crippen LogP contribution is -2.13. The lowest BCUT2D eigenvalue weighted by atomic mass is 10.1. The van der Waals surface area contributed by atoms with Gasteiger partial charge in [0, 0.05) is 5.02 Å². The molecule has 0 aliphatic rings. The summed E-state index contributed by atoms with van der Waals surface area (Å²) in [5.74, 6) is -1.35. The van der Waals surface area contributed by atoms with Crippen LogP contribution in [-0.2, 0) is 9.59 Å². The van der Waals surface area contributed by atoms with Crippen LogP contribution in [0.15, 0.2) is 48.0 Å². The molecule has 0 heterocycles. The van der Waals surface area contributed by atoms with E-state index in [4.69, 9.17) is 33.0 Å². The van der Waals surface area contributed by atoms with Crippen molar-refractivity contribution in [1.29, 1.82) is 5.26 Å². The third kappa shape index (κ3) is 5.52. The number of nitriles is 1. The van der Waals surface area contributed by atoms with Crippen molar-refractivity contribution in [3.8, 4) is 11.8 Å². The smallest absolute Gasteiger partial charge is 0.341 e. The largest absolute Gasteiger partial charge is 0.482 e. The minimum Gasteiger partial charge on any atom is -0.482 e. The molecule has 8 heteroatoms. The lowest BCUT2D eigenvalue weighted by molar-refractivity contribution is -0.139. The zero-order valence-corrected chi connectivity index (χ0v) is 14.7. The van der Waals surface area contributed by atoms with Crippen molar-refractivity contribution in [2.45, 2.75) is 0 Å². The van der Waals surface area contributed by atoms with Gasteiger partial charge in [0.15, 0.2) is 6.61 Å². The van der Waals surface area contributed by atoms with E-state index in [-0.39, 0.29) is 10.6 Å². The van der Waals surface area contributed by atoms with Crippen molar-refractivity contribution in [2.24, 2.45) is 0 Å².